The molecule has 1 aromatic rings. The summed E-state index contributed by atoms with van der Waals surface area (Å²) in [5, 5.41) is 2.21. The van der Waals surface area contributed by atoms with Crippen LogP contribution in [0.1, 0.15) is 56.9 Å². The normalized spacial score (nSPS) is 19.0. The number of aliphatic imine (C=N–C) groups is 1. The second-order valence-corrected chi connectivity index (χ2v) is 6.56. The van der Waals surface area contributed by atoms with E-state index in [9.17, 15) is 0 Å². The number of likely N-dealkylation sites (N-methyl/N-ethyl adjacent to an activating group) is 1. The van der Waals surface area contributed by atoms with Gasteiger partial charge in [-0.25, -0.2) is 4.99 Å². The van der Waals surface area contributed by atoms with Crippen LogP contribution in [0.5, 0.6) is 0 Å². The van der Waals surface area contributed by atoms with Crippen LogP contribution < -0.4 is 0 Å². The van der Waals surface area contributed by atoms with Crippen LogP contribution in [0.3, 0.4) is 0 Å². The smallest absolute Gasteiger partial charge is 0.102 e. The lowest BCUT2D eigenvalue weighted by Crippen LogP contribution is -2.34. The molecule has 0 amide bonds. The highest BCUT2D eigenvalue weighted by molar-refractivity contribution is 7.11. The number of hydrogen-bond donors (Lipinski definition) is 0. The summed E-state index contributed by atoms with van der Waals surface area (Å²) in [6.45, 7) is 6.59. The first-order chi connectivity index (χ1) is 9.63. The highest BCUT2D eigenvalue weighted by Gasteiger charge is 2.18. The summed E-state index contributed by atoms with van der Waals surface area (Å²) in [4.78, 5) is 8.37. The summed E-state index contributed by atoms with van der Waals surface area (Å²) in [6, 6.07) is 2.71. The molecular weight excluding hydrogens is 264 g/mol. The van der Waals surface area contributed by atoms with Crippen molar-refractivity contribution in [3.05, 3.63) is 28.0 Å². The summed E-state index contributed by atoms with van der Waals surface area (Å²) >= 11 is 1.83. The van der Waals surface area contributed by atoms with E-state index in [4.69, 9.17) is 4.99 Å². The van der Waals surface area contributed by atoms with Gasteiger partial charge in [0.15, 0.2) is 0 Å². The van der Waals surface area contributed by atoms with E-state index < -0.39 is 0 Å². The fourth-order valence-corrected chi connectivity index (χ4v) is 3.48. The minimum Gasteiger partial charge on any atom is -0.357 e. The molecule has 1 aromatic heterocycles. The molecule has 0 saturated carbocycles. The Kier molecular flexibility index (Phi) is 5.41. The van der Waals surface area contributed by atoms with E-state index in [1.54, 1.807) is 0 Å². The molecule has 2 rings (SSSR count). The molecule has 0 aliphatic carbocycles. The Morgan fingerprint density at radius 2 is 2.10 bits per heavy atom. The van der Waals surface area contributed by atoms with Crippen molar-refractivity contribution in [3.8, 4) is 0 Å². The van der Waals surface area contributed by atoms with Crippen LogP contribution in [-0.2, 0) is 6.42 Å². The highest BCUT2D eigenvalue weighted by Crippen LogP contribution is 2.31. The van der Waals surface area contributed by atoms with E-state index in [-0.39, 0.29) is 0 Å². The zero-order valence-electron chi connectivity index (χ0n) is 13.1. The number of unbranched alkanes of at least 4 members (excludes halogenated alkanes) is 3. The number of hydrogen-bond acceptors (Lipinski definition) is 3. The fourth-order valence-electron chi connectivity index (χ4n) is 2.55. The number of rotatable bonds is 6. The van der Waals surface area contributed by atoms with Gasteiger partial charge in [0.2, 0.25) is 0 Å². The molecule has 2 nitrogen and oxygen atoms in total. The minimum absolute atomic E-state index is 0.428. The third-order valence-corrected chi connectivity index (χ3v) is 5.06. The monoisotopic (exact) mass is 290 g/mol. The fraction of sp³-hybridized carbons (Fsp3) is 0.588. The van der Waals surface area contributed by atoms with Gasteiger partial charge >= 0.3 is 0 Å². The summed E-state index contributed by atoms with van der Waals surface area (Å²) < 4.78 is 0. The topological polar surface area (TPSA) is 15.6 Å². The summed E-state index contributed by atoms with van der Waals surface area (Å²) in [5.41, 5.74) is 2.65. The van der Waals surface area contributed by atoms with Gasteiger partial charge < -0.3 is 4.90 Å². The van der Waals surface area contributed by atoms with Gasteiger partial charge in [0, 0.05) is 13.1 Å². The van der Waals surface area contributed by atoms with Gasteiger partial charge in [-0.15, -0.1) is 11.3 Å². The van der Waals surface area contributed by atoms with Gasteiger partial charge in [0.1, 0.15) is 5.84 Å². The summed E-state index contributed by atoms with van der Waals surface area (Å²) in [7, 11) is 2.11. The van der Waals surface area contributed by atoms with Gasteiger partial charge in [-0.3, -0.25) is 0 Å². The molecule has 20 heavy (non-hydrogen) atoms. The van der Waals surface area contributed by atoms with Gasteiger partial charge in [-0.05, 0) is 49.8 Å². The molecule has 1 aliphatic heterocycles. The Bertz CT molecular complexity index is 499. The molecule has 2 heterocycles. The van der Waals surface area contributed by atoms with Crippen molar-refractivity contribution in [1.82, 2.24) is 4.90 Å². The van der Waals surface area contributed by atoms with Crippen LogP contribution in [0.25, 0.3) is 5.70 Å². The van der Waals surface area contributed by atoms with Crippen molar-refractivity contribution < 1.29 is 0 Å². The first kappa shape index (κ1) is 15.3. The standard InChI is InChI=1S/C17H26N2S/c1-5-6-7-8-9-15-10-11-20-17(15)16-12-13(2)19(4)14(3)18-16/h10-13H,5-9H2,1-4H3. The van der Waals surface area contributed by atoms with Crippen LogP contribution in [0.4, 0.5) is 0 Å². The van der Waals surface area contributed by atoms with Crippen LogP contribution >= 0.6 is 11.3 Å². The van der Waals surface area contributed by atoms with Crippen LogP contribution in [0.15, 0.2) is 22.5 Å². The van der Waals surface area contributed by atoms with Gasteiger partial charge in [-0.1, -0.05) is 26.2 Å². The van der Waals surface area contributed by atoms with Crippen molar-refractivity contribution in [2.45, 2.75) is 58.9 Å². The Balaban J connectivity index is 2.10. The number of nitrogens with zero attached hydrogens (tertiary/aromatic N) is 2. The highest BCUT2D eigenvalue weighted by atomic mass is 32.1. The molecule has 0 spiro atoms. The van der Waals surface area contributed by atoms with E-state index in [0.29, 0.717) is 6.04 Å². The molecular formula is C17H26N2S. The number of amidine groups is 1. The molecule has 1 atom stereocenters. The number of aryl methyl sites for hydroxylation is 1. The lowest BCUT2D eigenvalue weighted by molar-refractivity contribution is 0.445. The van der Waals surface area contributed by atoms with E-state index in [1.165, 1.54) is 48.2 Å². The van der Waals surface area contributed by atoms with Crippen LogP contribution in [0, 0.1) is 0 Å². The molecule has 1 aliphatic rings. The second kappa shape index (κ2) is 7.07. The molecule has 1 unspecified atom stereocenters. The quantitative estimate of drug-likeness (QED) is 0.676. The van der Waals surface area contributed by atoms with E-state index in [2.05, 4.69) is 50.2 Å². The zero-order valence-corrected chi connectivity index (χ0v) is 14.0. The van der Waals surface area contributed by atoms with E-state index in [0.717, 1.165) is 5.84 Å². The van der Waals surface area contributed by atoms with Crippen molar-refractivity contribution in [2.75, 3.05) is 7.05 Å². The maximum atomic E-state index is 4.78. The molecule has 0 N–H and O–H groups in total. The third kappa shape index (κ3) is 3.51. The Labute approximate surface area is 127 Å². The van der Waals surface area contributed by atoms with Gasteiger partial charge in [-0.2, -0.15) is 0 Å². The van der Waals surface area contributed by atoms with Crippen LogP contribution in [-0.4, -0.2) is 23.8 Å². The van der Waals surface area contributed by atoms with Crippen molar-refractivity contribution in [1.29, 1.82) is 0 Å². The van der Waals surface area contributed by atoms with E-state index in [1.807, 2.05) is 11.3 Å². The average molecular weight is 290 g/mol. The lowest BCUT2D eigenvalue weighted by Gasteiger charge is -2.28. The Hall–Kier alpha value is -1.09. The summed E-state index contributed by atoms with van der Waals surface area (Å²) in [6.07, 6.45) is 8.76. The number of thiophene rings is 1. The molecule has 0 fully saturated rings. The third-order valence-electron chi connectivity index (χ3n) is 4.08. The predicted molar refractivity (Wildman–Crippen MR) is 90.5 cm³/mol. The Morgan fingerprint density at radius 1 is 1.30 bits per heavy atom. The second-order valence-electron chi connectivity index (χ2n) is 5.65. The largest absolute Gasteiger partial charge is 0.357 e. The van der Waals surface area contributed by atoms with Crippen LogP contribution in [0.2, 0.25) is 0 Å². The average Bonchev–Trinajstić information content (AvgIpc) is 2.89. The van der Waals surface area contributed by atoms with Crippen molar-refractivity contribution >= 4 is 22.9 Å². The molecule has 0 bridgehead atoms. The SMILES string of the molecule is CCCCCCc1ccsc1C1=CC(C)N(C)C(C)=N1. The van der Waals surface area contributed by atoms with Gasteiger partial charge in [0.05, 0.1) is 10.6 Å². The lowest BCUT2D eigenvalue weighted by atomic mass is 10.0. The minimum atomic E-state index is 0.428. The first-order valence-electron chi connectivity index (χ1n) is 7.70. The molecule has 3 heteroatoms. The van der Waals surface area contributed by atoms with Crippen molar-refractivity contribution in [3.63, 3.8) is 0 Å². The summed E-state index contributed by atoms with van der Waals surface area (Å²) in [5.74, 6) is 1.11. The maximum absolute atomic E-state index is 4.78. The molecule has 0 aromatic carbocycles. The zero-order chi connectivity index (χ0) is 14.5. The van der Waals surface area contributed by atoms with Gasteiger partial charge in [0.25, 0.3) is 0 Å². The molecule has 0 radical (unpaired) electrons. The van der Waals surface area contributed by atoms with E-state index >= 15 is 0 Å². The molecule has 0 saturated heterocycles. The Morgan fingerprint density at radius 3 is 2.80 bits per heavy atom. The maximum Gasteiger partial charge on any atom is 0.102 e. The van der Waals surface area contributed by atoms with Crippen molar-refractivity contribution in [2.24, 2.45) is 4.99 Å². The first-order valence-corrected chi connectivity index (χ1v) is 8.58. The molecule has 110 valence electrons. The predicted octanol–water partition coefficient (Wildman–Crippen LogP) is 4.96.